The molecule has 0 spiro atoms. The van der Waals surface area contributed by atoms with Crippen molar-refractivity contribution in [1.29, 1.82) is 0 Å². The van der Waals surface area contributed by atoms with Crippen molar-refractivity contribution in [2.45, 2.75) is 52.8 Å². The Morgan fingerprint density at radius 2 is 1.68 bits per heavy atom. The van der Waals surface area contributed by atoms with E-state index in [1.807, 2.05) is 20.8 Å². The largest absolute Gasteiger partial charge is 0.478 e. The van der Waals surface area contributed by atoms with E-state index >= 15 is 4.39 Å². The van der Waals surface area contributed by atoms with Crippen molar-refractivity contribution < 1.29 is 23.6 Å². The molecular formula is C29H29Cl3FN3O4. The van der Waals surface area contributed by atoms with Crippen LogP contribution < -0.4 is 5.73 Å². The standard InChI is InChI=1S/C25H18Cl3FN2O4.C4H11N/c1-12-11-31(17-6-4-5-13(19(12)17)7-8-18(32)33)24(34)21-22(30-35-23(21)25(2,3)29)20-15(27)9-14(26)10-16(20)28;1-4(2,3)5/h4-11H,1-3H3,(H,32,33);5H2,1-3H3. The number of carboxylic acid groups (broad SMARTS) is 1. The van der Waals surface area contributed by atoms with E-state index < -0.39 is 17.5 Å². The predicted molar refractivity (Wildman–Crippen MR) is 158 cm³/mol. The van der Waals surface area contributed by atoms with Crippen molar-refractivity contribution in [3.8, 4) is 11.3 Å². The summed E-state index contributed by atoms with van der Waals surface area (Å²) in [5.41, 5.74) is 5.11. The van der Waals surface area contributed by atoms with Crippen LogP contribution in [0.1, 0.15) is 61.9 Å². The summed E-state index contributed by atoms with van der Waals surface area (Å²) in [4.78, 5) is 24.9. The molecule has 0 amide bonds. The number of carbonyl (C=O) groups excluding carboxylic acids is 1. The number of nitrogens with two attached hydrogens (primary N) is 1. The molecule has 212 valence electrons. The molecule has 4 rings (SSSR count). The zero-order valence-corrected chi connectivity index (χ0v) is 25.0. The molecule has 0 atom stereocenters. The first kappa shape index (κ1) is 31.4. The number of carbonyl (C=O) groups is 2. The van der Waals surface area contributed by atoms with E-state index in [0.717, 1.165) is 6.08 Å². The Hall–Kier alpha value is -3.17. The minimum Gasteiger partial charge on any atom is -0.478 e. The molecule has 0 saturated carbocycles. The van der Waals surface area contributed by atoms with Gasteiger partial charge in [0.1, 0.15) is 11.3 Å². The number of rotatable bonds is 5. The number of alkyl halides is 1. The molecule has 11 heteroatoms. The van der Waals surface area contributed by atoms with Gasteiger partial charge in [0.05, 0.1) is 15.6 Å². The predicted octanol–water partition coefficient (Wildman–Crippen LogP) is 8.30. The normalized spacial score (nSPS) is 12.1. The average molecular weight is 609 g/mol. The van der Waals surface area contributed by atoms with Crippen LogP contribution in [0.25, 0.3) is 28.2 Å². The van der Waals surface area contributed by atoms with Crippen LogP contribution in [0, 0.1) is 6.92 Å². The zero-order chi connectivity index (χ0) is 30.2. The van der Waals surface area contributed by atoms with Crippen LogP contribution in [0.2, 0.25) is 15.1 Å². The van der Waals surface area contributed by atoms with Gasteiger partial charge >= 0.3 is 5.97 Å². The summed E-state index contributed by atoms with van der Waals surface area (Å²) in [7, 11) is 0. The first-order valence-corrected chi connectivity index (χ1v) is 13.2. The summed E-state index contributed by atoms with van der Waals surface area (Å²) in [5, 5.41) is 14.2. The van der Waals surface area contributed by atoms with Crippen molar-refractivity contribution >= 4 is 63.7 Å². The van der Waals surface area contributed by atoms with Gasteiger partial charge in [-0.05, 0) is 76.9 Å². The fraction of sp³-hybridized carbons (Fsp3) is 0.276. The van der Waals surface area contributed by atoms with E-state index in [0.29, 0.717) is 22.0 Å². The van der Waals surface area contributed by atoms with E-state index in [-0.39, 0.29) is 43.2 Å². The van der Waals surface area contributed by atoms with E-state index in [1.165, 1.54) is 36.6 Å². The van der Waals surface area contributed by atoms with Crippen LogP contribution in [-0.2, 0) is 10.5 Å². The summed E-state index contributed by atoms with van der Waals surface area (Å²) in [5.74, 6) is -2.02. The molecule has 2 heterocycles. The lowest BCUT2D eigenvalue weighted by Crippen LogP contribution is -2.26. The topological polar surface area (TPSA) is 111 Å². The van der Waals surface area contributed by atoms with Gasteiger partial charge in [-0.3, -0.25) is 9.36 Å². The van der Waals surface area contributed by atoms with Crippen LogP contribution in [0.4, 0.5) is 4.39 Å². The third kappa shape index (κ3) is 7.12. The molecule has 0 aliphatic carbocycles. The van der Waals surface area contributed by atoms with E-state index in [1.54, 1.807) is 31.3 Å². The summed E-state index contributed by atoms with van der Waals surface area (Å²) < 4.78 is 21.8. The van der Waals surface area contributed by atoms with Gasteiger partial charge in [0.15, 0.2) is 11.4 Å². The van der Waals surface area contributed by atoms with Gasteiger partial charge in [-0.1, -0.05) is 52.1 Å². The van der Waals surface area contributed by atoms with Gasteiger partial charge in [-0.25, -0.2) is 9.18 Å². The second-order valence-corrected chi connectivity index (χ2v) is 12.0. The number of nitrogens with zero attached hydrogens (tertiary/aromatic N) is 2. The van der Waals surface area contributed by atoms with Crippen molar-refractivity contribution in [1.82, 2.24) is 9.72 Å². The number of aryl methyl sites for hydroxylation is 1. The maximum atomic E-state index is 15.2. The quantitative estimate of drug-likeness (QED) is 0.221. The molecule has 0 bridgehead atoms. The van der Waals surface area contributed by atoms with E-state index in [4.69, 9.17) is 50.2 Å². The molecule has 0 fully saturated rings. The lowest BCUT2D eigenvalue weighted by molar-refractivity contribution is -0.131. The molecule has 40 heavy (non-hydrogen) atoms. The zero-order valence-electron chi connectivity index (χ0n) is 22.8. The van der Waals surface area contributed by atoms with Crippen LogP contribution in [0.3, 0.4) is 0 Å². The minimum absolute atomic E-state index is 0. The Labute approximate surface area is 246 Å². The highest BCUT2D eigenvalue weighted by atomic mass is 35.5. The van der Waals surface area contributed by atoms with Gasteiger partial charge in [-0.2, -0.15) is 0 Å². The Kier molecular flexibility index (Phi) is 9.21. The molecule has 7 nitrogen and oxygen atoms in total. The Bertz CT molecular complexity index is 1600. The van der Waals surface area contributed by atoms with Crippen LogP contribution >= 0.6 is 34.8 Å². The minimum atomic E-state index is -2.06. The summed E-state index contributed by atoms with van der Waals surface area (Å²) in [6.45, 7) is 10.2. The maximum Gasteiger partial charge on any atom is 0.328 e. The fourth-order valence-electron chi connectivity index (χ4n) is 3.94. The van der Waals surface area contributed by atoms with E-state index in [9.17, 15) is 9.59 Å². The SMILES string of the molecule is CC(C)(C)N.Cc1cn(C(=O)c2c(-c3c(Cl)cc(Cl)cc3Cl)noc2C(C)(C)F)c2cccc(C=CC(=O)O)c12. The Balaban J connectivity index is 0.000000810. The molecule has 0 saturated heterocycles. The lowest BCUT2D eigenvalue weighted by Gasteiger charge is -2.14. The Morgan fingerprint density at radius 3 is 2.20 bits per heavy atom. The maximum absolute atomic E-state index is 15.2. The van der Waals surface area contributed by atoms with Crippen LogP contribution in [-0.4, -0.2) is 32.2 Å². The van der Waals surface area contributed by atoms with Crippen molar-refractivity contribution in [2.75, 3.05) is 0 Å². The highest BCUT2D eigenvalue weighted by Gasteiger charge is 2.36. The smallest absolute Gasteiger partial charge is 0.328 e. The van der Waals surface area contributed by atoms with Gasteiger partial charge in [0.25, 0.3) is 5.91 Å². The number of carboxylic acids is 1. The van der Waals surface area contributed by atoms with Crippen LogP contribution in [0.5, 0.6) is 0 Å². The number of hydrogen-bond donors (Lipinski definition) is 2. The molecule has 0 radical (unpaired) electrons. The van der Waals surface area contributed by atoms with Gasteiger partial charge in [0, 0.05) is 33.8 Å². The first-order valence-electron chi connectivity index (χ1n) is 12.1. The van der Waals surface area contributed by atoms with Crippen molar-refractivity contribution in [3.05, 3.63) is 80.1 Å². The second kappa shape index (κ2) is 11.7. The van der Waals surface area contributed by atoms with Gasteiger partial charge in [-0.15, -0.1) is 0 Å². The molecule has 0 unspecified atom stereocenters. The number of aromatic nitrogens is 2. The summed E-state index contributed by atoms with van der Waals surface area (Å²) >= 11 is 18.8. The lowest BCUT2D eigenvalue weighted by atomic mass is 9.98. The monoisotopic (exact) mass is 607 g/mol. The van der Waals surface area contributed by atoms with Crippen molar-refractivity contribution in [3.63, 3.8) is 0 Å². The molecule has 2 aromatic carbocycles. The van der Waals surface area contributed by atoms with E-state index in [2.05, 4.69) is 5.16 Å². The molecule has 4 aromatic rings. The third-order valence-electron chi connectivity index (χ3n) is 5.37. The molecule has 2 aromatic heterocycles. The molecule has 0 aliphatic rings. The second-order valence-electron chi connectivity index (χ2n) is 10.7. The summed E-state index contributed by atoms with van der Waals surface area (Å²) in [6.07, 6.45) is 4.04. The average Bonchev–Trinajstić information content (AvgIpc) is 3.38. The number of halogens is 4. The van der Waals surface area contributed by atoms with Crippen molar-refractivity contribution in [2.24, 2.45) is 5.73 Å². The Morgan fingerprint density at radius 1 is 1.10 bits per heavy atom. The fourth-order valence-corrected chi connectivity index (χ4v) is 4.93. The third-order valence-corrected chi connectivity index (χ3v) is 6.18. The number of aliphatic carboxylic acids is 1. The highest BCUT2D eigenvalue weighted by Crippen LogP contribution is 2.42. The molecule has 0 aliphatic heterocycles. The number of benzene rings is 2. The number of fused-ring (bicyclic) bond motifs is 1. The number of hydrogen-bond acceptors (Lipinski definition) is 5. The van der Waals surface area contributed by atoms with Gasteiger partial charge < -0.3 is 15.4 Å². The first-order chi connectivity index (χ1) is 18.4. The molecule has 3 N–H and O–H groups in total. The highest BCUT2D eigenvalue weighted by molar-refractivity contribution is 6.42. The summed E-state index contributed by atoms with van der Waals surface area (Å²) in [6, 6.07) is 7.99. The van der Waals surface area contributed by atoms with Crippen LogP contribution in [0.15, 0.2) is 47.1 Å². The van der Waals surface area contributed by atoms with Gasteiger partial charge in [0.2, 0.25) is 0 Å². The molecular weight excluding hydrogens is 580 g/mol.